The number of rotatable bonds is 5. The molecular weight excluding hydrogens is 252 g/mol. The molecule has 2 unspecified atom stereocenters. The van der Waals surface area contributed by atoms with E-state index in [9.17, 15) is 9.90 Å². The minimum Gasteiger partial charge on any atom is -0.388 e. The van der Waals surface area contributed by atoms with E-state index in [1.54, 1.807) is 0 Å². The van der Waals surface area contributed by atoms with Crippen LogP contribution in [0.4, 0.5) is 0 Å². The monoisotopic (exact) mass is 272 g/mol. The summed E-state index contributed by atoms with van der Waals surface area (Å²) in [6, 6.07) is 11.3. The van der Waals surface area contributed by atoms with Gasteiger partial charge in [-0.3, -0.25) is 4.79 Å². The van der Waals surface area contributed by atoms with Crippen LogP contribution in [0.2, 0.25) is 0 Å². The van der Waals surface area contributed by atoms with Crippen molar-refractivity contribution >= 4 is 5.91 Å². The van der Waals surface area contributed by atoms with Crippen LogP contribution < -0.4 is 5.32 Å². The van der Waals surface area contributed by atoms with E-state index in [2.05, 4.69) is 11.4 Å². The number of aliphatic hydroxyl groups is 1. The Balaban J connectivity index is 1.88. The van der Waals surface area contributed by atoms with Crippen LogP contribution in [0.15, 0.2) is 30.3 Å². The van der Waals surface area contributed by atoms with E-state index >= 15 is 0 Å². The van der Waals surface area contributed by atoms with E-state index in [-0.39, 0.29) is 11.9 Å². The van der Waals surface area contributed by atoms with Gasteiger partial charge in [-0.2, -0.15) is 5.26 Å². The Morgan fingerprint density at radius 3 is 2.60 bits per heavy atom. The minimum absolute atomic E-state index is 0.163. The summed E-state index contributed by atoms with van der Waals surface area (Å²) < 4.78 is 0. The summed E-state index contributed by atoms with van der Waals surface area (Å²) in [6.07, 6.45) is 2.05. The number of nitrogens with one attached hydrogen (secondary N) is 1. The highest BCUT2D eigenvalue weighted by molar-refractivity contribution is 5.86. The van der Waals surface area contributed by atoms with E-state index in [4.69, 9.17) is 5.26 Å². The van der Waals surface area contributed by atoms with Crippen LogP contribution in [0.25, 0.3) is 0 Å². The third-order valence-corrected chi connectivity index (χ3v) is 3.99. The summed E-state index contributed by atoms with van der Waals surface area (Å²) >= 11 is 0. The molecule has 4 nitrogen and oxygen atoms in total. The lowest BCUT2D eigenvalue weighted by atomic mass is 9.69. The van der Waals surface area contributed by atoms with Gasteiger partial charge in [0.2, 0.25) is 5.91 Å². The molecule has 1 aromatic rings. The summed E-state index contributed by atoms with van der Waals surface area (Å²) in [4.78, 5) is 12.1. The quantitative estimate of drug-likeness (QED) is 0.864. The standard InChI is InChI=1S/C16H20N2O2/c1-12(10-14(19)13-6-3-2-4-7-13)18-15(20)16(11-17)8-5-9-16/h2-4,6-7,12,14,19H,5,8-10H2,1H3,(H,18,20). The van der Waals surface area contributed by atoms with Crippen LogP contribution >= 0.6 is 0 Å². The average Bonchev–Trinajstić information content (AvgIpc) is 2.38. The maximum Gasteiger partial charge on any atom is 0.240 e. The Morgan fingerprint density at radius 1 is 1.45 bits per heavy atom. The lowest BCUT2D eigenvalue weighted by molar-refractivity contribution is -0.132. The molecule has 1 fully saturated rings. The van der Waals surface area contributed by atoms with Crippen molar-refractivity contribution in [3.05, 3.63) is 35.9 Å². The van der Waals surface area contributed by atoms with Crippen molar-refractivity contribution < 1.29 is 9.90 Å². The third kappa shape index (κ3) is 3.00. The second kappa shape index (κ2) is 6.06. The van der Waals surface area contributed by atoms with Crippen molar-refractivity contribution in [3.8, 4) is 6.07 Å². The van der Waals surface area contributed by atoms with Crippen molar-refractivity contribution in [2.24, 2.45) is 5.41 Å². The number of hydrogen-bond donors (Lipinski definition) is 2. The molecule has 0 aromatic heterocycles. The molecule has 4 heteroatoms. The molecule has 106 valence electrons. The van der Waals surface area contributed by atoms with Gasteiger partial charge in [0.25, 0.3) is 0 Å². The highest BCUT2D eigenvalue weighted by atomic mass is 16.3. The van der Waals surface area contributed by atoms with Crippen LogP contribution in [-0.4, -0.2) is 17.1 Å². The molecule has 1 aliphatic rings. The fourth-order valence-corrected chi connectivity index (χ4v) is 2.49. The first kappa shape index (κ1) is 14.5. The molecule has 0 aliphatic heterocycles. The van der Waals surface area contributed by atoms with Gasteiger partial charge in [0.15, 0.2) is 0 Å². The van der Waals surface area contributed by atoms with Gasteiger partial charge in [-0.1, -0.05) is 30.3 Å². The van der Waals surface area contributed by atoms with Gasteiger partial charge in [-0.25, -0.2) is 0 Å². The van der Waals surface area contributed by atoms with Gasteiger partial charge in [0.1, 0.15) is 5.41 Å². The van der Waals surface area contributed by atoms with Crippen molar-refractivity contribution in [1.29, 1.82) is 5.26 Å². The number of aliphatic hydroxyl groups excluding tert-OH is 1. The van der Waals surface area contributed by atoms with Crippen LogP contribution in [-0.2, 0) is 4.79 Å². The fraction of sp³-hybridized carbons (Fsp3) is 0.500. The Labute approximate surface area is 119 Å². The normalized spacial score (nSPS) is 19.2. The molecule has 0 radical (unpaired) electrons. The molecule has 1 amide bonds. The second-order valence-electron chi connectivity index (χ2n) is 5.58. The molecule has 0 bridgehead atoms. The maximum atomic E-state index is 12.1. The number of hydrogen-bond acceptors (Lipinski definition) is 3. The topological polar surface area (TPSA) is 73.1 Å². The highest BCUT2D eigenvalue weighted by Gasteiger charge is 2.44. The lowest BCUT2D eigenvalue weighted by Gasteiger charge is -2.34. The largest absolute Gasteiger partial charge is 0.388 e. The predicted octanol–water partition coefficient (Wildman–Crippen LogP) is 2.31. The van der Waals surface area contributed by atoms with Crippen molar-refractivity contribution in [1.82, 2.24) is 5.32 Å². The molecule has 2 N–H and O–H groups in total. The first-order valence-corrected chi connectivity index (χ1v) is 7.02. The van der Waals surface area contributed by atoms with E-state index < -0.39 is 11.5 Å². The highest BCUT2D eigenvalue weighted by Crippen LogP contribution is 2.40. The summed E-state index contributed by atoms with van der Waals surface area (Å²) in [6.45, 7) is 1.85. The molecule has 2 atom stereocenters. The van der Waals surface area contributed by atoms with Gasteiger partial charge in [-0.05, 0) is 38.2 Å². The molecule has 1 saturated carbocycles. The van der Waals surface area contributed by atoms with Crippen LogP contribution in [0.1, 0.15) is 44.3 Å². The Hall–Kier alpha value is -1.86. The lowest BCUT2D eigenvalue weighted by Crippen LogP contribution is -2.47. The summed E-state index contributed by atoms with van der Waals surface area (Å²) in [7, 11) is 0. The van der Waals surface area contributed by atoms with Gasteiger partial charge < -0.3 is 10.4 Å². The first-order valence-electron chi connectivity index (χ1n) is 7.02. The Kier molecular flexibility index (Phi) is 4.41. The van der Waals surface area contributed by atoms with E-state index in [1.165, 1.54) is 0 Å². The molecule has 2 rings (SSSR count). The molecule has 0 saturated heterocycles. The zero-order valence-electron chi connectivity index (χ0n) is 11.7. The third-order valence-electron chi connectivity index (χ3n) is 3.99. The molecular formula is C16H20N2O2. The number of carbonyl (C=O) groups excluding carboxylic acids is 1. The van der Waals surface area contributed by atoms with Gasteiger partial charge in [-0.15, -0.1) is 0 Å². The molecule has 20 heavy (non-hydrogen) atoms. The van der Waals surface area contributed by atoms with E-state index in [0.717, 1.165) is 12.0 Å². The Bertz CT molecular complexity index is 503. The average molecular weight is 272 g/mol. The van der Waals surface area contributed by atoms with E-state index in [1.807, 2.05) is 37.3 Å². The maximum absolute atomic E-state index is 12.1. The van der Waals surface area contributed by atoms with Crippen molar-refractivity contribution in [2.75, 3.05) is 0 Å². The summed E-state index contributed by atoms with van der Waals surface area (Å²) in [5.41, 5.74) is 0.0126. The van der Waals surface area contributed by atoms with Gasteiger partial charge >= 0.3 is 0 Å². The number of benzene rings is 1. The van der Waals surface area contributed by atoms with Crippen molar-refractivity contribution in [3.63, 3.8) is 0 Å². The Morgan fingerprint density at radius 2 is 2.10 bits per heavy atom. The number of amides is 1. The summed E-state index contributed by atoms with van der Waals surface area (Å²) in [5, 5.41) is 22.1. The van der Waals surface area contributed by atoms with Crippen LogP contribution in [0.5, 0.6) is 0 Å². The smallest absolute Gasteiger partial charge is 0.240 e. The van der Waals surface area contributed by atoms with Crippen LogP contribution in [0, 0.1) is 16.7 Å². The number of nitriles is 1. The molecule has 0 spiro atoms. The fourth-order valence-electron chi connectivity index (χ4n) is 2.49. The molecule has 1 aromatic carbocycles. The predicted molar refractivity (Wildman–Crippen MR) is 75.5 cm³/mol. The molecule has 0 heterocycles. The zero-order valence-corrected chi connectivity index (χ0v) is 11.7. The molecule has 1 aliphatic carbocycles. The minimum atomic E-state index is -0.827. The number of nitrogens with zero attached hydrogens (tertiary/aromatic N) is 1. The summed E-state index contributed by atoms with van der Waals surface area (Å²) in [5.74, 6) is -0.195. The van der Waals surface area contributed by atoms with Gasteiger partial charge in [0.05, 0.1) is 12.2 Å². The van der Waals surface area contributed by atoms with Crippen molar-refractivity contribution in [2.45, 2.75) is 44.8 Å². The SMILES string of the molecule is CC(CC(O)c1ccccc1)NC(=O)C1(C#N)CCC1. The first-order chi connectivity index (χ1) is 9.57. The number of carbonyl (C=O) groups is 1. The second-order valence-corrected chi connectivity index (χ2v) is 5.58. The van der Waals surface area contributed by atoms with Crippen LogP contribution in [0.3, 0.4) is 0 Å². The van der Waals surface area contributed by atoms with Gasteiger partial charge in [0, 0.05) is 6.04 Å². The zero-order chi connectivity index (χ0) is 14.6. The van der Waals surface area contributed by atoms with E-state index in [0.29, 0.717) is 19.3 Å².